The van der Waals surface area contributed by atoms with Gasteiger partial charge in [-0.2, -0.15) is 8.51 Å². The van der Waals surface area contributed by atoms with Crippen LogP contribution < -0.4 is 14.2 Å². The summed E-state index contributed by atoms with van der Waals surface area (Å²) >= 11 is 0. The minimum atomic E-state index is -3.59. The number of hydrogen-bond acceptors (Lipinski definition) is 12. The summed E-state index contributed by atoms with van der Waals surface area (Å²) in [5.74, 6) is -1.02. The van der Waals surface area contributed by atoms with Crippen molar-refractivity contribution in [2.45, 2.75) is 82.4 Å². The van der Waals surface area contributed by atoms with Crippen molar-refractivity contribution in [3.63, 3.8) is 0 Å². The van der Waals surface area contributed by atoms with Crippen LogP contribution >= 0.6 is 0 Å². The molecule has 2 heterocycles. The van der Waals surface area contributed by atoms with E-state index in [2.05, 4.69) is 9.68 Å². The van der Waals surface area contributed by atoms with Crippen LogP contribution in [0.1, 0.15) is 39.2 Å². The number of carbonyl (C=O) groups is 2. The lowest BCUT2D eigenvalue weighted by Crippen LogP contribution is -2.60. The van der Waals surface area contributed by atoms with Crippen LogP contribution in [0.25, 0.3) is 0 Å². The summed E-state index contributed by atoms with van der Waals surface area (Å²) < 4.78 is 42.8. The fourth-order valence-corrected chi connectivity index (χ4v) is 6.53. The number of nitrogens with zero attached hydrogens (tertiary/aromatic N) is 2. The second-order valence-corrected chi connectivity index (χ2v) is 13.7. The van der Waals surface area contributed by atoms with E-state index in [0.29, 0.717) is 18.7 Å². The van der Waals surface area contributed by atoms with Crippen molar-refractivity contribution >= 4 is 27.9 Å². The molecule has 0 aromatic heterocycles. The Bertz CT molecular complexity index is 1470. The second-order valence-electron chi connectivity index (χ2n) is 11.9. The lowest BCUT2D eigenvalue weighted by Gasteiger charge is -2.39. The highest BCUT2D eigenvalue weighted by molar-refractivity contribution is 7.87. The molecule has 254 valence electrons. The Morgan fingerprint density at radius 3 is 2.30 bits per heavy atom. The van der Waals surface area contributed by atoms with Gasteiger partial charge in [0.15, 0.2) is 0 Å². The van der Waals surface area contributed by atoms with Crippen LogP contribution in [0.5, 0.6) is 11.5 Å². The fourth-order valence-electron chi connectivity index (χ4n) is 4.79. The van der Waals surface area contributed by atoms with Crippen molar-refractivity contribution in [1.82, 2.24) is 9.62 Å². The number of hydrogen-bond donors (Lipinski definition) is 6. The van der Waals surface area contributed by atoms with Crippen molar-refractivity contribution in [2.75, 3.05) is 19.7 Å². The SMILES string of the molecule is CC(C)(C)OC(=O)N[C@@H](Cc1ccc(OS(=O)(=Nc2ccccc2O[C@H]2O[C@H](CO)[C@H](O)[C@H](O)[C@H]2O)N2CCCC2)cc1)C(=O)O. The zero-order valence-electron chi connectivity index (χ0n) is 25.7. The van der Waals surface area contributed by atoms with E-state index in [1.54, 1.807) is 49.3 Å². The fraction of sp³-hybridized carbons (Fsp3) is 0.533. The summed E-state index contributed by atoms with van der Waals surface area (Å²) in [7, 11) is -3.59. The molecule has 0 radical (unpaired) electrons. The Kier molecular flexibility index (Phi) is 11.5. The number of aliphatic carboxylic acids is 1. The molecule has 2 aromatic rings. The van der Waals surface area contributed by atoms with Crippen LogP contribution in [0, 0.1) is 0 Å². The highest BCUT2D eigenvalue weighted by atomic mass is 32.2. The van der Waals surface area contributed by atoms with Gasteiger partial charge in [-0.1, -0.05) is 24.3 Å². The molecule has 2 aliphatic heterocycles. The van der Waals surface area contributed by atoms with Gasteiger partial charge in [-0.05, 0) is 63.4 Å². The van der Waals surface area contributed by atoms with Gasteiger partial charge < -0.3 is 49.2 Å². The van der Waals surface area contributed by atoms with Gasteiger partial charge in [0.25, 0.3) is 10.2 Å². The number of aliphatic hydroxyl groups is 4. The number of ether oxygens (including phenoxy) is 3. The largest absolute Gasteiger partial charge is 0.480 e. The topological polar surface area (TPSA) is 217 Å². The number of benzene rings is 2. The van der Waals surface area contributed by atoms with E-state index in [-0.39, 0.29) is 23.6 Å². The molecule has 15 nitrogen and oxygen atoms in total. The van der Waals surface area contributed by atoms with Gasteiger partial charge in [-0.3, -0.25) is 0 Å². The third-order valence-corrected chi connectivity index (χ3v) is 8.97. The molecular weight excluding hydrogens is 626 g/mol. The zero-order valence-corrected chi connectivity index (χ0v) is 26.5. The molecule has 16 heteroatoms. The van der Waals surface area contributed by atoms with Gasteiger partial charge in [0.1, 0.15) is 53.2 Å². The number of amides is 1. The number of alkyl carbamates (subject to hydrolysis) is 1. The van der Waals surface area contributed by atoms with Gasteiger partial charge in [0.2, 0.25) is 6.29 Å². The third-order valence-electron chi connectivity index (χ3n) is 7.12. The first-order valence-electron chi connectivity index (χ1n) is 14.8. The lowest BCUT2D eigenvalue weighted by atomic mass is 9.99. The van der Waals surface area contributed by atoms with Gasteiger partial charge >= 0.3 is 12.1 Å². The Morgan fingerprint density at radius 1 is 1.04 bits per heavy atom. The number of carbonyl (C=O) groups excluding carboxylic acids is 1. The van der Waals surface area contributed by atoms with Crippen molar-refractivity contribution in [2.24, 2.45) is 4.36 Å². The monoisotopic (exact) mass is 667 g/mol. The number of aliphatic hydroxyl groups excluding tert-OH is 4. The molecule has 6 N–H and O–H groups in total. The molecule has 1 amide bonds. The second kappa shape index (κ2) is 14.9. The predicted molar refractivity (Wildman–Crippen MR) is 163 cm³/mol. The summed E-state index contributed by atoms with van der Waals surface area (Å²) in [5, 5.41) is 52.2. The number of para-hydroxylation sites is 1. The lowest BCUT2D eigenvalue weighted by molar-refractivity contribution is -0.277. The predicted octanol–water partition coefficient (Wildman–Crippen LogP) is 1.49. The van der Waals surface area contributed by atoms with E-state index < -0.39 is 71.2 Å². The average molecular weight is 668 g/mol. The Balaban J connectivity index is 1.56. The summed E-state index contributed by atoms with van der Waals surface area (Å²) in [6, 6.07) is 11.2. The van der Waals surface area contributed by atoms with Crippen molar-refractivity contribution < 1.29 is 57.7 Å². The first-order valence-corrected chi connectivity index (χ1v) is 16.2. The maximum absolute atomic E-state index is 14.4. The molecule has 2 aliphatic rings. The van der Waals surface area contributed by atoms with E-state index >= 15 is 0 Å². The third kappa shape index (κ3) is 9.06. The minimum absolute atomic E-state index is 0.0369. The normalized spacial score (nSPS) is 25.6. The molecule has 2 fully saturated rings. The first kappa shape index (κ1) is 35.3. The number of carboxylic acids is 1. The van der Waals surface area contributed by atoms with E-state index in [4.69, 9.17) is 18.4 Å². The van der Waals surface area contributed by atoms with Crippen LogP contribution in [0.4, 0.5) is 10.5 Å². The van der Waals surface area contributed by atoms with Crippen LogP contribution in [0.2, 0.25) is 0 Å². The van der Waals surface area contributed by atoms with E-state index in [1.807, 2.05) is 0 Å². The van der Waals surface area contributed by atoms with Crippen molar-refractivity contribution in [3.8, 4) is 11.5 Å². The number of nitrogens with one attached hydrogen (secondary N) is 1. The molecule has 0 bridgehead atoms. The molecular formula is C30H41N3O12S. The molecule has 2 saturated heterocycles. The maximum atomic E-state index is 14.4. The Morgan fingerprint density at radius 2 is 1.70 bits per heavy atom. The number of rotatable bonds is 11. The Hall–Kier alpha value is -3.51. The Labute approximate surface area is 267 Å². The van der Waals surface area contributed by atoms with E-state index in [0.717, 1.165) is 12.8 Å². The van der Waals surface area contributed by atoms with Gasteiger partial charge in [0, 0.05) is 19.5 Å². The average Bonchev–Trinajstić information content (AvgIpc) is 3.54. The summed E-state index contributed by atoms with van der Waals surface area (Å²) in [5.41, 5.74) is -0.157. The molecule has 46 heavy (non-hydrogen) atoms. The van der Waals surface area contributed by atoms with E-state index in [1.165, 1.54) is 24.3 Å². The molecule has 4 rings (SSSR count). The minimum Gasteiger partial charge on any atom is -0.480 e. The highest BCUT2D eigenvalue weighted by Gasteiger charge is 2.45. The molecule has 0 aliphatic carbocycles. The maximum Gasteiger partial charge on any atom is 0.408 e. The van der Waals surface area contributed by atoms with E-state index in [9.17, 15) is 39.3 Å². The van der Waals surface area contributed by atoms with Gasteiger partial charge in [-0.25, -0.2) is 9.59 Å². The smallest absolute Gasteiger partial charge is 0.408 e. The first-order chi connectivity index (χ1) is 21.7. The molecule has 0 saturated carbocycles. The number of carboxylic acid groups (broad SMARTS) is 1. The van der Waals surface area contributed by atoms with Crippen molar-refractivity contribution in [1.29, 1.82) is 0 Å². The van der Waals surface area contributed by atoms with Crippen molar-refractivity contribution in [3.05, 3.63) is 54.1 Å². The van der Waals surface area contributed by atoms with Crippen LogP contribution in [-0.2, 0) is 30.9 Å². The van der Waals surface area contributed by atoms with Crippen LogP contribution in [0.15, 0.2) is 52.9 Å². The molecule has 1 unspecified atom stereocenters. The van der Waals surface area contributed by atoms with Crippen LogP contribution in [0.3, 0.4) is 0 Å². The molecule has 7 atom stereocenters. The summed E-state index contributed by atoms with van der Waals surface area (Å²) in [6.45, 7) is 5.24. The molecule has 2 aromatic carbocycles. The van der Waals surface area contributed by atoms with Crippen LogP contribution in [-0.4, -0.2) is 108 Å². The zero-order chi connectivity index (χ0) is 33.6. The highest BCUT2D eigenvalue weighted by Crippen LogP contribution is 2.34. The summed E-state index contributed by atoms with van der Waals surface area (Å²) in [6.07, 6.45) is -6.94. The standard InChI is InChI=1S/C30H41N3O12S/c1-30(2,3)44-29(40)31-21(27(38)39)16-18-10-12-19(13-11-18)45-46(41,33-14-6-7-15-33)32-20-8-4-5-9-22(20)42-28-26(37)25(36)24(35)23(17-34)43-28/h4-5,8-13,21,23-26,28,34-37H,6-7,14-17H2,1-3H3,(H,31,40)(H,38,39)/t21-,23+,24-,25-,26+,28-,46?/m0/s1. The van der Waals surface area contributed by atoms with Gasteiger partial charge in [0.05, 0.1) is 6.61 Å². The summed E-state index contributed by atoms with van der Waals surface area (Å²) in [4.78, 5) is 23.9. The van der Waals surface area contributed by atoms with Gasteiger partial charge in [-0.15, -0.1) is 4.36 Å². The quantitative estimate of drug-likeness (QED) is 0.201. The molecule has 0 spiro atoms.